The standard InChI is InChI=1S/C10H13N3O3/c1-15-8-3-7(5-11)10(12,13-6-14)4-9(8)16-2/h3,6H,4,12H2,1-2H3,(H,13,14). The molecule has 6 heteroatoms. The Kier molecular flexibility index (Phi) is 3.53. The number of nitriles is 1. The molecule has 3 N–H and O–H groups in total. The van der Waals surface area contributed by atoms with E-state index in [9.17, 15) is 4.79 Å². The molecule has 86 valence electrons. The van der Waals surface area contributed by atoms with Crippen molar-refractivity contribution in [3.05, 3.63) is 23.2 Å². The van der Waals surface area contributed by atoms with Crippen LogP contribution in [0.3, 0.4) is 0 Å². The number of ether oxygens (including phenoxy) is 2. The number of nitrogens with two attached hydrogens (primary N) is 1. The van der Waals surface area contributed by atoms with E-state index in [1.54, 1.807) is 0 Å². The van der Waals surface area contributed by atoms with Crippen LogP contribution in [0.5, 0.6) is 0 Å². The second-order valence-corrected chi connectivity index (χ2v) is 3.28. The first-order valence-corrected chi connectivity index (χ1v) is 4.55. The zero-order valence-electron chi connectivity index (χ0n) is 9.11. The first-order chi connectivity index (χ1) is 7.61. The largest absolute Gasteiger partial charge is 0.497 e. The Bertz CT molecular complexity index is 395. The molecular formula is C10H13N3O3. The summed E-state index contributed by atoms with van der Waals surface area (Å²) >= 11 is 0. The summed E-state index contributed by atoms with van der Waals surface area (Å²) in [6, 6.07) is 1.93. The zero-order valence-corrected chi connectivity index (χ0v) is 9.11. The molecule has 0 aromatic carbocycles. The average molecular weight is 223 g/mol. The van der Waals surface area contributed by atoms with Crippen LogP contribution in [0.2, 0.25) is 0 Å². The highest BCUT2D eigenvalue weighted by atomic mass is 16.5. The van der Waals surface area contributed by atoms with Crippen molar-refractivity contribution in [1.82, 2.24) is 5.32 Å². The third kappa shape index (κ3) is 1.99. The van der Waals surface area contributed by atoms with Crippen LogP contribution >= 0.6 is 0 Å². The number of allylic oxidation sites excluding steroid dienone is 1. The van der Waals surface area contributed by atoms with Gasteiger partial charge in [-0.15, -0.1) is 0 Å². The number of carbonyl (C=O) groups is 1. The summed E-state index contributed by atoms with van der Waals surface area (Å²) in [6.07, 6.45) is 2.08. The van der Waals surface area contributed by atoms with Crippen molar-refractivity contribution in [2.24, 2.45) is 5.73 Å². The Balaban J connectivity index is 3.16. The molecule has 0 aromatic rings. The fourth-order valence-corrected chi connectivity index (χ4v) is 1.49. The predicted molar refractivity (Wildman–Crippen MR) is 55.5 cm³/mol. The lowest BCUT2D eigenvalue weighted by Crippen LogP contribution is -2.55. The normalized spacial score (nSPS) is 24.2. The summed E-state index contributed by atoms with van der Waals surface area (Å²) in [5.74, 6) is 0.922. The lowest BCUT2D eigenvalue weighted by atomic mass is 9.91. The van der Waals surface area contributed by atoms with Gasteiger partial charge in [0, 0.05) is 6.08 Å². The van der Waals surface area contributed by atoms with Gasteiger partial charge in [0.2, 0.25) is 6.41 Å². The van der Waals surface area contributed by atoms with Gasteiger partial charge in [0.05, 0.1) is 32.3 Å². The molecule has 0 aliphatic heterocycles. The highest BCUT2D eigenvalue weighted by Crippen LogP contribution is 2.29. The smallest absolute Gasteiger partial charge is 0.208 e. The Labute approximate surface area is 93.3 Å². The second-order valence-electron chi connectivity index (χ2n) is 3.28. The molecule has 16 heavy (non-hydrogen) atoms. The summed E-state index contributed by atoms with van der Waals surface area (Å²) in [7, 11) is 2.94. The molecule has 1 unspecified atom stereocenters. The van der Waals surface area contributed by atoms with E-state index in [2.05, 4.69) is 5.32 Å². The van der Waals surface area contributed by atoms with Gasteiger partial charge < -0.3 is 20.5 Å². The quantitative estimate of drug-likeness (QED) is 0.505. The molecule has 1 aliphatic rings. The fourth-order valence-electron chi connectivity index (χ4n) is 1.49. The predicted octanol–water partition coefficient (Wildman–Crippen LogP) is -0.255. The van der Waals surface area contributed by atoms with Crippen molar-refractivity contribution < 1.29 is 14.3 Å². The summed E-state index contributed by atoms with van der Waals surface area (Å²) in [5.41, 5.74) is 4.89. The number of hydrogen-bond acceptors (Lipinski definition) is 5. The molecule has 0 saturated carbocycles. The third-order valence-electron chi connectivity index (χ3n) is 2.37. The monoisotopic (exact) mass is 223 g/mol. The number of hydrogen-bond donors (Lipinski definition) is 2. The third-order valence-corrected chi connectivity index (χ3v) is 2.37. The topological polar surface area (TPSA) is 97.4 Å². The molecule has 1 atom stereocenters. The maximum absolute atomic E-state index is 10.5. The van der Waals surface area contributed by atoms with Crippen LogP contribution in [0, 0.1) is 11.3 Å². The molecule has 0 saturated heterocycles. The van der Waals surface area contributed by atoms with Gasteiger partial charge >= 0.3 is 0 Å². The van der Waals surface area contributed by atoms with Crippen LogP contribution in [-0.2, 0) is 14.3 Å². The number of carbonyl (C=O) groups excluding carboxylic acids is 1. The van der Waals surface area contributed by atoms with Crippen molar-refractivity contribution in [2.45, 2.75) is 12.1 Å². The van der Waals surface area contributed by atoms with Gasteiger partial charge in [0.15, 0.2) is 5.76 Å². The van der Waals surface area contributed by atoms with E-state index in [1.807, 2.05) is 6.07 Å². The van der Waals surface area contributed by atoms with Crippen molar-refractivity contribution in [1.29, 1.82) is 5.26 Å². The van der Waals surface area contributed by atoms with E-state index in [-0.39, 0.29) is 12.0 Å². The minimum absolute atomic E-state index is 0.171. The SMILES string of the molecule is COC1=C(OC)CC(N)(NC=O)C(C#N)=C1. The van der Waals surface area contributed by atoms with E-state index in [0.29, 0.717) is 17.9 Å². The van der Waals surface area contributed by atoms with E-state index in [4.69, 9.17) is 20.5 Å². The van der Waals surface area contributed by atoms with E-state index in [1.165, 1.54) is 20.3 Å². The van der Waals surface area contributed by atoms with Gasteiger partial charge in [0.1, 0.15) is 11.4 Å². The van der Waals surface area contributed by atoms with Crippen LogP contribution in [0.25, 0.3) is 0 Å². The number of nitrogens with zero attached hydrogens (tertiary/aromatic N) is 1. The van der Waals surface area contributed by atoms with E-state index >= 15 is 0 Å². The van der Waals surface area contributed by atoms with Crippen molar-refractivity contribution in [3.63, 3.8) is 0 Å². The fraction of sp³-hybridized carbons (Fsp3) is 0.400. The molecule has 0 bridgehead atoms. The molecule has 1 amide bonds. The van der Waals surface area contributed by atoms with Crippen molar-refractivity contribution in [3.8, 4) is 6.07 Å². The van der Waals surface area contributed by atoms with Gasteiger partial charge in [-0.1, -0.05) is 0 Å². The van der Waals surface area contributed by atoms with Gasteiger partial charge in [0.25, 0.3) is 0 Å². The summed E-state index contributed by atoms with van der Waals surface area (Å²) < 4.78 is 10.1. The van der Waals surface area contributed by atoms with Gasteiger partial charge in [-0.2, -0.15) is 5.26 Å². The van der Waals surface area contributed by atoms with Crippen LogP contribution in [-0.4, -0.2) is 26.3 Å². The van der Waals surface area contributed by atoms with E-state index in [0.717, 1.165) is 0 Å². The van der Waals surface area contributed by atoms with Crippen LogP contribution in [0.4, 0.5) is 0 Å². The van der Waals surface area contributed by atoms with Gasteiger partial charge in [-0.3, -0.25) is 4.79 Å². The lowest BCUT2D eigenvalue weighted by molar-refractivity contribution is -0.110. The van der Waals surface area contributed by atoms with Crippen LogP contribution < -0.4 is 11.1 Å². The minimum atomic E-state index is -1.23. The number of amides is 1. The van der Waals surface area contributed by atoms with E-state index < -0.39 is 5.66 Å². The maximum Gasteiger partial charge on any atom is 0.208 e. The summed E-state index contributed by atoms with van der Waals surface area (Å²) in [5, 5.41) is 11.4. The Hall–Kier alpha value is -2.00. The first-order valence-electron chi connectivity index (χ1n) is 4.55. The average Bonchev–Trinajstić information content (AvgIpc) is 2.28. The molecule has 0 fully saturated rings. The maximum atomic E-state index is 10.5. The Morgan fingerprint density at radius 1 is 1.62 bits per heavy atom. The molecule has 0 heterocycles. The number of methoxy groups -OCH3 is 2. The second kappa shape index (κ2) is 4.68. The highest BCUT2D eigenvalue weighted by Gasteiger charge is 2.36. The molecule has 6 nitrogen and oxygen atoms in total. The molecule has 0 radical (unpaired) electrons. The lowest BCUT2D eigenvalue weighted by Gasteiger charge is -2.32. The minimum Gasteiger partial charge on any atom is -0.497 e. The highest BCUT2D eigenvalue weighted by molar-refractivity contribution is 5.54. The van der Waals surface area contributed by atoms with Crippen molar-refractivity contribution in [2.75, 3.05) is 14.2 Å². The van der Waals surface area contributed by atoms with Gasteiger partial charge in [-0.05, 0) is 0 Å². The van der Waals surface area contributed by atoms with Gasteiger partial charge in [-0.25, -0.2) is 0 Å². The molecule has 0 spiro atoms. The van der Waals surface area contributed by atoms with Crippen molar-refractivity contribution >= 4 is 6.41 Å². The molecule has 1 rings (SSSR count). The summed E-state index contributed by atoms with van der Waals surface area (Å²) in [6.45, 7) is 0. The molecule has 1 aliphatic carbocycles. The first kappa shape index (κ1) is 12.1. The van der Waals surface area contributed by atoms with Crippen LogP contribution in [0.1, 0.15) is 6.42 Å². The number of rotatable bonds is 4. The molecular weight excluding hydrogens is 210 g/mol. The number of nitrogens with one attached hydrogen (secondary N) is 1. The van der Waals surface area contributed by atoms with Crippen LogP contribution in [0.15, 0.2) is 23.2 Å². The zero-order chi connectivity index (χ0) is 12.2. The molecule has 0 aromatic heterocycles. The Morgan fingerprint density at radius 3 is 2.75 bits per heavy atom. The Morgan fingerprint density at radius 2 is 2.31 bits per heavy atom. The summed E-state index contributed by atoms with van der Waals surface area (Å²) in [4.78, 5) is 10.5.